The van der Waals surface area contributed by atoms with Gasteiger partial charge in [0.05, 0.1) is 17.9 Å². The van der Waals surface area contributed by atoms with Crippen molar-refractivity contribution in [2.45, 2.75) is 58.4 Å². The fourth-order valence-corrected chi connectivity index (χ4v) is 4.25. The van der Waals surface area contributed by atoms with Crippen LogP contribution < -0.4 is 10.1 Å². The second-order valence-electron chi connectivity index (χ2n) is 7.85. The summed E-state index contributed by atoms with van der Waals surface area (Å²) in [6.07, 6.45) is 4.97. The Balaban J connectivity index is 1.47. The first-order valence-corrected chi connectivity index (χ1v) is 10.3. The van der Waals surface area contributed by atoms with E-state index in [9.17, 15) is 9.59 Å². The Morgan fingerprint density at radius 1 is 1.28 bits per heavy atom. The maximum Gasteiger partial charge on any atom is 0.257 e. The Morgan fingerprint density at radius 3 is 2.93 bits per heavy atom. The first-order chi connectivity index (χ1) is 14.0. The molecule has 1 fully saturated rings. The summed E-state index contributed by atoms with van der Waals surface area (Å²) < 4.78 is 11.0. The first-order valence-electron chi connectivity index (χ1n) is 10.3. The highest BCUT2D eigenvalue weighted by Crippen LogP contribution is 2.31. The van der Waals surface area contributed by atoms with Crippen molar-refractivity contribution in [1.82, 2.24) is 10.1 Å². The minimum absolute atomic E-state index is 0.00350. The second-order valence-corrected chi connectivity index (χ2v) is 7.85. The monoisotopic (exact) mass is 397 g/mol. The van der Waals surface area contributed by atoms with Gasteiger partial charge in [0.25, 0.3) is 5.91 Å². The third-order valence-electron chi connectivity index (χ3n) is 5.87. The van der Waals surface area contributed by atoms with Gasteiger partial charge in [0.1, 0.15) is 11.5 Å². The minimum Gasteiger partial charge on any atom is -0.493 e. The van der Waals surface area contributed by atoms with Crippen LogP contribution in [-0.4, -0.2) is 41.1 Å². The van der Waals surface area contributed by atoms with Crippen LogP contribution in [0.4, 0.5) is 5.69 Å². The van der Waals surface area contributed by atoms with E-state index >= 15 is 0 Å². The molecule has 0 spiro atoms. The maximum atomic E-state index is 13.1. The van der Waals surface area contributed by atoms with E-state index in [0.717, 1.165) is 49.2 Å². The van der Waals surface area contributed by atoms with Crippen LogP contribution in [0.5, 0.6) is 5.75 Å². The fourth-order valence-electron chi connectivity index (χ4n) is 4.25. The molecule has 2 amide bonds. The summed E-state index contributed by atoms with van der Waals surface area (Å²) in [7, 11) is 0. The van der Waals surface area contributed by atoms with Crippen molar-refractivity contribution in [3.8, 4) is 5.75 Å². The summed E-state index contributed by atoms with van der Waals surface area (Å²) in [5.41, 5.74) is 2.92. The van der Waals surface area contributed by atoms with Crippen molar-refractivity contribution >= 4 is 17.5 Å². The lowest BCUT2D eigenvalue weighted by molar-refractivity contribution is -0.116. The number of ether oxygens (including phenoxy) is 1. The number of hydrogen-bond donors (Lipinski definition) is 1. The maximum absolute atomic E-state index is 13.1. The van der Waals surface area contributed by atoms with Crippen LogP contribution in [-0.2, 0) is 11.2 Å². The van der Waals surface area contributed by atoms with E-state index in [2.05, 4.69) is 10.5 Å². The standard InChI is InChI=1S/C22H27N3O4/c1-14-18(15(2)29-24-14)7-9-21(26)23-16-6-8-20-19(13-16)22(27)25-11-4-3-5-17(25)10-12-28-20/h6,8,13,17H,3-5,7,9-12H2,1-2H3,(H,23,26)/t17-/m1/s1. The van der Waals surface area contributed by atoms with Gasteiger partial charge in [-0.2, -0.15) is 0 Å². The molecule has 4 rings (SSSR count). The van der Waals surface area contributed by atoms with Crippen LogP contribution >= 0.6 is 0 Å². The molecule has 154 valence electrons. The number of rotatable bonds is 4. The predicted molar refractivity (Wildman–Crippen MR) is 108 cm³/mol. The van der Waals surface area contributed by atoms with Crippen LogP contribution in [0.2, 0.25) is 0 Å². The molecule has 0 bridgehead atoms. The average Bonchev–Trinajstić information content (AvgIpc) is 3.03. The zero-order valence-corrected chi connectivity index (χ0v) is 17.0. The highest BCUT2D eigenvalue weighted by Gasteiger charge is 2.31. The lowest BCUT2D eigenvalue weighted by Crippen LogP contribution is -2.45. The van der Waals surface area contributed by atoms with Crippen molar-refractivity contribution in [1.29, 1.82) is 0 Å². The van der Waals surface area contributed by atoms with Crippen molar-refractivity contribution in [3.05, 3.63) is 40.8 Å². The number of carbonyl (C=O) groups excluding carboxylic acids is 2. The molecule has 1 N–H and O–H groups in total. The topological polar surface area (TPSA) is 84.7 Å². The number of amides is 2. The zero-order chi connectivity index (χ0) is 20.4. The number of aromatic nitrogens is 1. The molecule has 1 saturated heterocycles. The molecule has 7 nitrogen and oxygen atoms in total. The smallest absolute Gasteiger partial charge is 0.257 e. The van der Waals surface area contributed by atoms with Crippen LogP contribution in [0.25, 0.3) is 0 Å². The molecule has 0 unspecified atom stereocenters. The molecule has 2 aliphatic heterocycles. The first kappa shape index (κ1) is 19.5. The van der Waals surface area contributed by atoms with Gasteiger partial charge in [-0.15, -0.1) is 0 Å². The van der Waals surface area contributed by atoms with Gasteiger partial charge in [-0.05, 0) is 57.7 Å². The van der Waals surface area contributed by atoms with E-state index in [1.54, 1.807) is 18.2 Å². The fraction of sp³-hybridized carbons (Fsp3) is 0.500. The van der Waals surface area contributed by atoms with E-state index < -0.39 is 0 Å². The van der Waals surface area contributed by atoms with E-state index in [0.29, 0.717) is 36.4 Å². The molecule has 2 aliphatic rings. The summed E-state index contributed by atoms with van der Waals surface area (Å²) in [5.74, 6) is 1.22. The van der Waals surface area contributed by atoms with Crippen LogP contribution in [0.15, 0.2) is 22.7 Å². The molecule has 29 heavy (non-hydrogen) atoms. The van der Waals surface area contributed by atoms with Gasteiger partial charge in [-0.1, -0.05) is 5.16 Å². The number of hydrogen-bond acceptors (Lipinski definition) is 5. The van der Waals surface area contributed by atoms with Gasteiger partial charge in [-0.25, -0.2) is 0 Å². The SMILES string of the molecule is Cc1noc(C)c1CCC(=O)Nc1ccc2c(c1)C(=O)N1CCCC[C@@H]1CCO2. The highest BCUT2D eigenvalue weighted by atomic mass is 16.5. The van der Waals surface area contributed by atoms with Crippen molar-refractivity contribution in [2.24, 2.45) is 0 Å². The summed E-state index contributed by atoms with van der Waals surface area (Å²) in [5, 5.41) is 6.83. The van der Waals surface area contributed by atoms with E-state index in [-0.39, 0.29) is 17.9 Å². The number of carbonyl (C=O) groups is 2. The van der Waals surface area contributed by atoms with E-state index in [1.807, 2.05) is 18.7 Å². The Kier molecular flexibility index (Phi) is 5.56. The van der Waals surface area contributed by atoms with Crippen molar-refractivity contribution < 1.29 is 18.8 Å². The number of nitrogens with zero attached hydrogens (tertiary/aromatic N) is 2. The average molecular weight is 397 g/mol. The molecule has 1 aromatic carbocycles. The van der Waals surface area contributed by atoms with Gasteiger partial charge in [0, 0.05) is 36.7 Å². The van der Waals surface area contributed by atoms with Gasteiger partial charge in [0.2, 0.25) is 5.91 Å². The van der Waals surface area contributed by atoms with Gasteiger partial charge >= 0.3 is 0 Å². The molecule has 0 saturated carbocycles. The largest absolute Gasteiger partial charge is 0.493 e. The summed E-state index contributed by atoms with van der Waals surface area (Å²) in [6, 6.07) is 5.55. The molecule has 0 aliphatic carbocycles. The highest BCUT2D eigenvalue weighted by molar-refractivity contribution is 6.00. The summed E-state index contributed by atoms with van der Waals surface area (Å²) >= 11 is 0. The normalized spacial score (nSPS) is 18.9. The molecule has 7 heteroatoms. The van der Waals surface area contributed by atoms with Crippen LogP contribution in [0.1, 0.15) is 59.5 Å². The number of fused-ring (bicyclic) bond motifs is 2. The number of benzene rings is 1. The van der Waals surface area contributed by atoms with Crippen molar-refractivity contribution in [2.75, 3.05) is 18.5 Å². The minimum atomic E-state index is -0.111. The number of aryl methyl sites for hydroxylation is 2. The quantitative estimate of drug-likeness (QED) is 0.851. The third kappa shape index (κ3) is 4.13. The molecule has 3 heterocycles. The molecule has 2 aromatic rings. The van der Waals surface area contributed by atoms with Gasteiger partial charge in [0.15, 0.2) is 0 Å². The van der Waals surface area contributed by atoms with E-state index in [4.69, 9.17) is 9.26 Å². The Morgan fingerprint density at radius 2 is 2.14 bits per heavy atom. The number of nitrogens with one attached hydrogen (secondary N) is 1. The van der Waals surface area contributed by atoms with Gasteiger partial charge < -0.3 is 19.5 Å². The molecule has 1 aromatic heterocycles. The predicted octanol–water partition coefficient (Wildman–Crippen LogP) is 3.64. The molecule has 1 atom stereocenters. The Bertz CT molecular complexity index is 901. The lowest BCUT2D eigenvalue weighted by Gasteiger charge is -2.37. The third-order valence-corrected chi connectivity index (χ3v) is 5.87. The second kappa shape index (κ2) is 8.27. The molecule has 0 radical (unpaired) electrons. The number of anilines is 1. The van der Waals surface area contributed by atoms with Crippen molar-refractivity contribution in [3.63, 3.8) is 0 Å². The Hall–Kier alpha value is -2.83. The van der Waals surface area contributed by atoms with Gasteiger partial charge in [-0.3, -0.25) is 9.59 Å². The lowest BCUT2D eigenvalue weighted by atomic mass is 9.97. The zero-order valence-electron chi connectivity index (χ0n) is 17.0. The van der Waals surface area contributed by atoms with Crippen LogP contribution in [0, 0.1) is 13.8 Å². The molecular formula is C22H27N3O4. The summed E-state index contributed by atoms with van der Waals surface area (Å²) in [4.78, 5) is 27.6. The molecular weight excluding hydrogens is 370 g/mol. The van der Waals surface area contributed by atoms with E-state index in [1.165, 1.54) is 0 Å². The Labute approximate surface area is 170 Å². The summed E-state index contributed by atoms with van der Waals surface area (Å²) in [6.45, 7) is 5.11. The number of piperidine rings is 1. The van der Waals surface area contributed by atoms with Crippen LogP contribution in [0.3, 0.4) is 0 Å².